The summed E-state index contributed by atoms with van der Waals surface area (Å²) in [7, 11) is 0. The topological polar surface area (TPSA) is 17.1 Å². The largest absolute Gasteiger partial charge is 0.303 e. The van der Waals surface area contributed by atoms with Crippen LogP contribution in [-0.4, -0.2) is 6.29 Å². The maximum absolute atomic E-state index is 11.6. The summed E-state index contributed by atoms with van der Waals surface area (Å²) in [5.41, 5.74) is 1.15. The lowest BCUT2D eigenvalue weighted by atomic mass is 9.44. The normalized spacial score (nSPS) is 56.2. The number of carbonyl (C=O) groups is 1. The van der Waals surface area contributed by atoms with Crippen molar-refractivity contribution in [3.63, 3.8) is 0 Å². The highest BCUT2D eigenvalue weighted by Crippen LogP contribution is 2.66. The van der Waals surface area contributed by atoms with E-state index in [0.717, 1.165) is 17.8 Å². The van der Waals surface area contributed by atoms with E-state index in [1.54, 1.807) is 0 Å². The molecule has 4 aliphatic carbocycles. The maximum Gasteiger partial charge on any atom is 0.123 e. The van der Waals surface area contributed by atoms with Crippen molar-refractivity contribution < 1.29 is 4.79 Å². The SMILES string of the molecule is C[C@@]12CCC[C@H]1[C@@H]1CC[C@H]3C(C=O)CCC[C@]3(C)[C@H]1CC2. The number of hydrogen-bond donors (Lipinski definition) is 0. The zero-order chi connectivity index (χ0) is 14.7. The lowest BCUT2D eigenvalue weighted by Crippen LogP contribution is -2.53. The molecule has 0 aromatic rings. The Balaban J connectivity index is 1.65. The highest BCUT2D eigenvalue weighted by atomic mass is 16.1. The van der Waals surface area contributed by atoms with Crippen molar-refractivity contribution in [1.82, 2.24) is 0 Å². The molecule has 0 aromatic carbocycles. The van der Waals surface area contributed by atoms with Crippen LogP contribution in [0.25, 0.3) is 0 Å². The van der Waals surface area contributed by atoms with Gasteiger partial charge in [-0.1, -0.05) is 26.7 Å². The summed E-state index contributed by atoms with van der Waals surface area (Å²) in [6.07, 6.45) is 15.3. The first-order chi connectivity index (χ1) is 10.1. The summed E-state index contributed by atoms with van der Waals surface area (Å²) >= 11 is 0. The fraction of sp³-hybridized carbons (Fsp3) is 0.950. The van der Waals surface area contributed by atoms with Gasteiger partial charge in [-0.25, -0.2) is 0 Å². The second-order valence-electron chi connectivity index (χ2n) is 9.34. The Hall–Kier alpha value is -0.330. The van der Waals surface area contributed by atoms with Gasteiger partial charge in [-0.15, -0.1) is 0 Å². The van der Waals surface area contributed by atoms with Crippen LogP contribution in [0.3, 0.4) is 0 Å². The van der Waals surface area contributed by atoms with Crippen LogP contribution >= 0.6 is 0 Å². The molecule has 0 aromatic heterocycles. The van der Waals surface area contributed by atoms with E-state index in [4.69, 9.17) is 0 Å². The summed E-state index contributed by atoms with van der Waals surface area (Å²) in [4.78, 5) is 11.6. The maximum atomic E-state index is 11.6. The van der Waals surface area contributed by atoms with Crippen LogP contribution in [0.4, 0.5) is 0 Å². The quantitative estimate of drug-likeness (QED) is 0.603. The first-order valence-corrected chi connectivity index (χ1v) is 9.54. The van der Waals surface area contributed by atoms with Crippen molar-refractivity contribution >= 4 is 6.29 Å². The van der Waals surface area contributed by atoms with Crippen molar-refractivity contribution in [3.8, 4) is 0 Å². The van der Waals surface area contributed by atoms with Crippen LogP contribution in [0.5, 0.6) is 0 Å². The molecular weight excluding hydrogens is 256 g/mol. The Labute approximate surface area is 130 Å². The molecule has 1 heteroatoms. The molecule has 4 aliphatic rings. The second-order valence-corrected chi connectivity index (χ2v) is 9.34. The number of fused-ring (bicyclic) bond motifs is 5. The van der Waals surface area contributed by atoms with Crippen molar-refractivity contribution in [2.24, 2.45) is 40.4 Å². The van der Waals surface area contributed by atoms with Gasteiger partial charge in [-0.05, 0) is 85.9 Å². The van der Waals surface area contributed by atoms with Gasteiger partial charge < -0.3 is 4.79 Å². The molecule has 7 atom stereocenters. The molecule has 4 fully saturated rings. The summed E-state index contributed by atoms with van der Waals surface area (Å²) in [6, 6.07) is 0. The lowest BCUT2D eigenvalue weighted by Gasteiger charge is -2.61. The van der Waals surface area contributed by atoms with Gasteiger partial charge in [0, 0.05) is 5.92 Å². The Morgan fingerprint density at radius 1 is 0.810 bits per heavy atom. The predicted molar refractivity (Wildman–Crippen MR) is 85.9 cm³/mol. The van der Waals surface area contributed by atoms with E-state index in [0.29, 0.717) is 22.7 Å². The Morgan fingerprint density at radius 2 is 1.62 bits per heavy atom. The minimum atomic E-state index is 0.376. The van der Waals surface area contributed by atoms with Gasteiger partial charge in [0.25, 0.3) is 0 Å². The molecule has 0 saturated heterocycles. The minimum absolute atomic E-state index is 0.376. The van der Waals surface area contributed by atoms with Gasteiger partial charge >= 0.3 is 0 Å². The molecular formula is C20H32O. The van der Waals surface area contributed by atoms with E-state index in [2.05, 4.69) is 13.8 Å². The first kappa shape index (κ1) is 14.3. The van der Waals surface area contributed by atoms with E-state index in [-0.39, 0.29) is 0 Å². The van der Waals surface area contributed by atoms with Gasteiger partial charge in [0.05, 0.1) is 0 Å². The highest BCUT2D eigenvalue weighted by Gasteiger charge is 2.58. The molecule has 0 heterocycles. The van der Waals surface area contributed by atoms with Crippen LogP contribution in [0.2, 0.25) is 0 Å². The molecule has 0 radical (unpaired) electrons. The molecule has 4 rings (SSSR count). The van der Waals surface area contributed by atoms with Crippen molar-refractivity contribution in [3.05, 3.63) is 0 Å². The van der Waals surface area contributed by atoms with E-state index in [1.165, 1.54) is 70.5 Å². The summed E-state index contributed by atoms with van der Waals surface area (Å²) in [5, 5.41) is 0. The standard InChI is InChI=1S/C20H32O/c1-19-10-4-6-17(19)15-7-8-16-14(13-21)5-3-11-20(16,2)18(15)9-12-19/h13-18H,3-12H2,1-2H3/t14?,15-,16-,17-,18-,19-,20-/m0/s1. The number of carbonyl (C=O) groups excluding carboxylic acids is 1. The zero-order valence-corrected chi connectivity index (χ0v) is 13.9. The van der Waals surface area contributed by atoms with Crippen LogP contribution in [0.1, 0.15) is 78.1 Å². The van der Waals surface area contributed by atoms with Gasteiger partial charge in [-0.2, -0.15) is 0 Å². The molecule has 0 N–H and O–H groups in total. The molecule has 1 unspecified atom stereocenters. The summed E-state index contributed by atoms with van der Waals surface area (Å²) in [5.74, 6) is 4.00. The number of rotatable bonds is 1. The summed E-state index contributed by atoms with van der Waals surface area (Å²) in [6.45, 7) is 5.16. The van der Waals surface area contributed by atoms with Gasteiger partial charge in [0.2, 0.25) is 0 Å². The third-order valence-corrected chi connectivity index (χ3v) is 8.67. The molecule has 0 aliphatic heterocycles. The second kappa shape index (κ2) is 4.83. The molecule has 0 bridgehead atoms. The van der Waals surface area contributed by atoms with E-state index >= 15 is 0 Å². The Morgan fingerprint density at radius 3 is 2.43 bits per heavy atom. The Bertz CT molecular complexity index is 430. The average Bonchev–Trinajstić information content (AvgIpc) is 2.87. The third kappa shape index (κ3) is 1.91. The lowest BCUT2D eigenvalue weighted by molar-refractivity contribution is -0.135. The van der Waals surface area contributed by atoms with Crippen molar-refractivity contribution in [1.29, 1.82) is 0 Å². The molecule has 1 nitrogen and oxygen atoms in total. The van der Waals surface area contributed by atoms with Crippen LogP contribution in [0, 0.1) is 40.4 Å². The molecule has 21 heavy (non-hydrogen) atoms. The van der Waals surface area contributed by atoms with E-state index < -0.39 is 0 Å². The van der Waals surface area contributed by atoms with Gasteiger partial charge in [0.1, 0.15) is 6.29 Å². The van der Waals surface area contributed by atoms with E-state index in [9.17, 15) is 4.79 Å². The highest BCUT2D eigenvalue weighted by molar-refractivity contribution is 5.54. The fourth-order valence-corrected chi connectivity index (χ4v) is 7.64. The number of aldehydes is 1. The minimum Gasteiger partial charge on any atom is -0.303 e. The molecule has 4 saturated carbocycles. The van der Waals surface area contributed by atoms with Crippen molar-refractivity contribution in [2.75, 3.05) is 0 Å². The smallest absolute Gasteiger partial charge is 0.123 e. The van der Waals surface area contributed by atoms with Crippen LogP contribution < -0.4 is 0 Å². The zero-order valence-electron chi connectivity index (χ0n) is 13.9. The first-order valence-electron chi connectivity index (χ1n) is 9.54. The fourth-order valence-electron chi connectivity index (χ4n) is 7.64. The van der Waals surface area contributed by atoms with Crippen LogP contribution in [0.15, 0.2) is 0 Å². The Kier molecular flexibility index (Phi) is 3.28. The molecule has 0 amide bonds. The van der Waals surface area contributed by atoms with E-state index in [1.807, 2.05) is 0 Å². The van der Waals surface area contributed by atoms with Crippen molar-refractivity contribution in [2.45, 2.75) is 78.1 Å². The summed E-state index contributed by atoms with van der Waals surface area (Å²) < 4.78 is 0. The van der Waals surface area contributed by atoms with Crippen LogP contribution in [-0.2, 0) is 4.79 Å². The van der Waals surface area contributed by atoms with Gasteiger partial charge in [0.15, 0.2) is 0 Å². The molecule has 118 valence electrons. The van der Waals surface area contributed by atoms with Gasteiger partial charge in [-0.3, -0.25) is 0 Å². The third-order valence-electron chi connectivity index (χ3n) is 8.67. The number of hydrogen-bond acceptors (Lipinski definition) is 1. The molecule has 0 spiro atoms. The predicted octanol–water partition coefficient (Wildman–Crippen LogP) is 5.23. The average molecular weight is 288 g/mol. The monoisotopic (exact) mass is 288 g/mol.